The standard InChI is InChI=1S/C19H26BrNO4/c1-5-24-19(23)25-17-8-6-7-9-21(17)16(22)11-15-12(2)10-13(3)18(20)14(15)4/h10,17H,5-9,11H2,1-4H3. The number of aryl methyl sites for hydroxylation is 2. The van der Waals surface area contributed by atoms with E-state index in [0.29, 0.717) is 19.4 Å². The van der Waals surface area contributed by atoms with Crippen molar-refractivity contribution < 1.29 is 19.1 Å². The lowest BCUT2D eigenvalue weighted by molar-refractivity contribution is -0.145. The molecule has 1 heterocycles. The first-order valence-electron chi connectivity index (χ1n) is 8.73. The lowest BCUT2D eigenvalue weighted by atomic mass is 9.96. The second-order valence-corrected chi connectivity index (χ2v) is 7.24. The maximum absolute atomic E-state index is 12.9. The molecule has 1 aromatic carbocycles. The van der Waals surface area contributed by atoms with Crippen molar-refractivity contribution in [3.05, 3.63) is 32.8 Å². The van der Waals surface area contributed by atoms with Gasteiger partial charge < -0.3 is 14.4 Å². The number of rotatable bonds is 4. The highest BCUT2D eigenvalue weighted by molar-refractivity contribution is 9.10. The van der Waals surface area contributed by atoms with Crippen LogP contribution < -0.4 is 0 Å². The van der Waals surface area contributed by atoms with Gasteiger partial charge in [0.1, 0.15) is 0 Å². The van der Waals surface area contributed by atoms with Crippen molar-refractivity contribution in [2.24, 2.45) is 0 Å². The van der Waals surface area contributed by atoms with Gasteiger partial charge in [-0.2, -0.15) is 0 Å². The molecule has 0 aliphatic carbocycles. The number of benzene rings is 1. The minimum atomic E-state index is -0.711. The summed E-state index contributed by atoms with van der Waals surface area (Å²) in [6, 6.07) is 2.09. The average molecular weight is 412 g/mol. The zero-order valence-electron chi connectivity index (χ0n) is 15.4. The summed E-state index contributed by atoms with van der Waals surface area (Å²) in [7, 11) is 0. The third-order valence-corrected chi connectivity index (χ3v) is 5.85. The van der Waals surface area contributed by atoms with Crippen LogP contribution in [-0.2, 0) is 20.7 Å². The largest absolute Gasteiger partial charge is 0.510 e. The van der Waals surface area contributed by atoms with Crippen molar-refractivity contribution in [1.82, 2.24) is 4.90 Å². The van der Waals surface area contributed by atoms with E-state index >= 15 is 0 Å². The van der Waals surface area contributed by atoms with Gasteiger partial charge in [-0.25, -0.2) is 4.79 Å². The van der Waals surface area contributed by atoms with Crippen LogP contribution in [0.2, 0.25) is 0 Å². The zero-order chi connectivity index (χ0) is 18.6. The Morgan fingerprint density at radius 2 is 1.96 bits per heavy atom. The van der Waals surface area contributed by atoms with Gasteiger partial charge in [-0.15, -0.1) is 0 Å². The molecular formula is C19H26BrNO4. The van der Waals surface area contributed by atoms with Gasteiger partial charge in [0.25, 0.3) is 0 Å². The lowest BCUT2D eigenvalue weighted by Gasteiger charge is -2.35. The molecular weight excluding hydrogens is 386 g/mol. The van der Waals surface area contributed by atoms with Gasteiger partial charge in [0, 0.05) is 17.4 Å². The van der Waals surface area contributed by atoms with E-state index in [4.69, 9.17) is 9.47 Å². The molecule has 1 unspecified atom stereocenters. The van der Waals surface area contributed by atoms with Crippen LogP contribution in [0.4, 0.5) is 4.79 Å². The van der Waals surface area contributed by atoms with Gasteiger partial charge in [-0.1, -0.05) is 22.0 Å². The predicted molar refractivity (Wildman–Crippen MR) is 99.5 cm³/mol. The Kier molecular flexibility index (Phi) is 6.87. The molecule has 5 nitrogen and oxygen atoms in total. The maximum atomic E-state index is 12.9. The van der Waals surface area contributed by atoms with E-state index < -0.39 is 12.4 Å². The number of hydrogen-bond donors (Lipinski definition) is 0. The summed E-state index contributed by atoms with van der Waals surface area (Å²) in [5.74, 6) is -0.0176. The first-order chi connectivity index (χ1) is 11.8. The number of ether oxygens (including phenoxy) is 2. The minimum Gasteiger partial charge on any atom is -0.435 e. The van der Waals surface area contributed by atoms with Gasteiger partial charge in [0.15, 0.2) is 6.23 Å². The summed E-state index contributed by atoms with van der Waals surface area (Å²) < 4.78 is 11.2. The Labute approximate surface area is 157 Å². The summed E-state index contributed by atoms with van der Waals surface area (Å²) in [4.78, 5) is 26.2. The number of amides is 1. The first kappa shape index (κ1) is 19.8. The topological polar surface area (TPSA) is 55.8 Å². The van der Waals surface area contributed by atoms with E-state index in [0.717, 1.165) is 39.6 Å². The van der Waals surface area contributed by atoms with Crippen LogP contribution in [0.1, 0.15) is 48.4 Å². The summed E-state index contributed by atoms with van der Waals surface area (Å²) in [5, 5.41) is 0. The van der Waals surface area contributed by atoms with E-state index in [2.05, 4.69) is 22.0 Å². The molecule has 1 aliphatic heterocycles. The van der Waals surface area contributed by atoms with Crippen LogP contribution in [0.15, 0.2) is 10.5 Å². The van der Waals surface area contributed by atoms with Gasteiger partial charge in [0.2, 0.25) is 5.91 Å². The van der Waals surface area contributed by atoms with Gasteiger partial charge in [0.05, 0.1) is 13.0 Å². The second kappa shape index (κ2) is 8.70. The van der Waals surface area contributed by atoms with Crippen LogP contribution in [0.5, 0.6) is 0 Å². The molecule has 0 aromatic heterocycles. The molecule has 1 amide bonds. The molecule has 1 aliphatic rings. The summed E-state index contributed by atoms with van der Waals surface area (Å²) in [6.45, 7) is 8.69. The lowest BCUT2D eigenvalue weighted by Crippen LogP contribution is -2.46. The van der Waals surface area contributed by atoms with Crippen LogP contribution >= 0.6 is 15.9 Å². The Balaban J connectivity index is 2.15. The van der Waals surface area contributed by atoms with E-state index in [9.17, 15) is 9.59 Å². The highest BCUT2D eigenvalue weighted by atomic mass is 79.9. The average Bonchev–Trinajstić information content (AvgIpc) is 2.57. The molecule has 2 rings (SSSR count). The first-order valence-corrected chi connectivity index (χ1v) is 9.52. The molecule has 1 saturated heterocycles. The molecule has 0 N–H and O–H groups in total. The number of piperidine rings is 1. The third kappa shape index (κ3) is 4.75. The Hall–Kier alpha value is -1.56. The van der Waals surface area contributed by atoms with E-state index in [1.54, 1.807) is 11.8 Å². The fraction of sp³-hybridized carbons (Fsp3) is 0.579. The monoisotopic (exact) mass is 411 g/mol. The van der Waals surface area contributed by atoms with Crippen LogP contribution in [0, 0.1) is 20.8 Å². The smallest absolute Gasteiger partial charge is 0.435 e. The van der Waals surface area contributed by atoms with Crippen LogP contribution in [0.25, 0.3) is 0 Å². The molecule has 1 fully saturated rings. The highest BCUT2D eigenvalue weighted by Crippen LogP contribution is 2.28. The van der Waals surface area contributed by atoms with Crippen LogP contribution in [-0.4, -0.2) is 36.3 Å². The predicted octanol–water partition coefficient (Wildman–Crippen LogP) is 4.43. The normalized spacial score (nSPS) is 17.3. The molecule has 1 aromatic rings. The molecule has 0 radical (unpaired) electrons. The Bertz CT molecular complexity index is 659. The number of carbonyl (C=O) groups excluding carboxylic acids is 2. The third-order valence-electron chi connectivity index (χ3n) is 4.63. The number of halogens is 1. The Morgan fingerprint density at radius 1 is 1.24 bits per heavy atom. The van der Waals surface area contributed by atoms with E-state index in [1.165, 1.54) is 0 Å². The molecule has 0 saturated carbocycles. The van der Waals surface area contributed by atoms with Gasteiger partial charge >= 0.3 is 6.16 Å². The molecule has 25 heavy (non-hydrogen) atoms. The van der Waals surface area contributed by atoms with Crippen molar-refractivity contribution in [3.63, 3.8) is 0 Å². The van der Waals surface area contributed by atoms with Crippen molar-refractivity contribution in [3.8, 4) is 0 Å². The molecule has 6 heteroatoms. The summed E-state index contributed by atoms with van der Waals surface area (Å²) >= 11 is 3.60. The molecule has 0 spiro atoms. The van der Waals surface area contributed by atoms with E-state index in [-0.39, 0.29) is 12.5 Å². The van der Waals surface area contributed by atoms with E-state index in [1.807, 2.05) is 20.8 Å². The van der Waals surface area contributed by atoms with Gasteiger partial charge in [-0.05, 0) is 62.8 Å². The number of likely N-dealkylation sites (tertiary alicyclic amines) is 1. The minimum absolute atomic E-state index is 0.0176. The second-order valence-electron chi connectivity index (χ2n) is 6.44. The molecule has 0 bridgehead atoms. The maximum Gasteiger partial charge on any atom is 0.510 e. The number of hydrogen-bond acceptors (Lipinski definition) is 4. The number of carbonyl (C=O) groups is 2. The van der Waals surface area contributed by atoms with Crippen molar-refractivity contribution in [1.29, 1.82) is 0 Å². The number of nitrogens with zero attached hydrogens (tertiary/aromatic N) is 1. The summed E-state index contributed by atoms with van der Waals surface area (Å²) in [5.41, 5.74) is 4.38. The highest BCUT2D eigenvalue weighted by Gasteiger charge is 2.30. The van der Waals surface area contributed by atoms with Crippen LogP contribution in [0.3, 0.4) is 0 Å². The van der Waals surface area contributed by atoms with Crippen molar-refractivity contribution in [2.75, 3.05) is 13.2 Å². The molecule has 1 atom stereocenters. The SMILES string of the molecule is CCOC(=O)OC1CCCCN1C(=O)Cc1c(C)cc(C)c(Br)c1C. The Morgan fingerprint density at radius 3 is 2.64 bits per heavy atom. The fourth-order valence-corrected chi connectivity index (χ4v) is 3.65. The zero-order valence-corrected chi connectivity index (χ0v) is 16.9. The summed E-state index contributed by atoms with van der Waals surface area (Å²) in [6.07, 6.45) is 1.57. The van der Waals surface area contributed by atoms with Crippen molar-refractivity contribution >= 4 is 28.0 Å². The fourth-order valence-electron chi connectivity index (χ4n) is 3.30. The molecule has 138 valence electrons. The van der Waals surface area contributed by atoms with Crippen molar-refractivity contribution in [2.45, 2.75) is 59.6 Å². The quantitative estimate of drug-likeness (QED) is 0.687. The van der Waals surface area contributed by atoms with Gasteiger partial charge in [-0.3, -0.25) is 4.79 Å².